The fourth-order valence-corrected chi connectivity index (χ4v) is 2.95. The summed E-state index contributed by atoms with van der Waals surface area (Å²) in [5, 5.41) is 0. The highest BCUT2D eigenvalue weighted by Crippen LogP contribution is 2.52. The Kier molecular flexibility index (Phi) is 2.12. The van der Waals surface area contributed by atoms with Crippen LogP contribution in [0.3, 0.4) is 0 Å². The molecule has 0 amide bonds. The van der Waals surface area contributed by atoms with Gasteiger partial charge in [0.05, 0.1) is 5.56 Å². The van der Waals surface area contributed by atoms with Crippen molar-refractivity contribution in [1.29, 1.82) is 0 Å². The molecule has 17 heavy (non-hydrogen) atoms. The maximum atomic E-state index is 12.6. The number of hydrogen-bond acceptors (Lipinski definition) is 1. The van der Waals surface area contributed by atoms with Crippen LogP contribution in [0.1, 0.15) is 29.5 Å². The quantitative estimate of drug-likeness (QED) is 0.674. The van der Waals surface area contributed by atoms with Gasteiger partial charge in [0.1, 0.15) is 0 Å². The van der Waals surface area contributed by atoms with E-state index in [1.807, 2.05) is 7.05 Å². The second-order valence-corrected chi connectivity index (χ2v) is 5.32. The molecule has 92 valence electrons. The highest BCUT2D eigenvalue weighted by atomic mass is 19.4. The average Bonchev–Trinajstić information content (AvgIpc) is 2.96. The summed E-state index contributed by atoms with van der Waals surface area (Å²) in [6, 6.07) is 4.24. The Bertz CT molecular complexity index is 460. The molecule has 1 aromatic carbocycles. The van der Waals surface area contributed by atoms with Crippen LogP contribution in [0.2, 0.25) is 0 Å². The van der Waals surface area contributed by atoms with Crippen molar-refractivity contribution in [1.82, 2.24) is 4.90 Å². The summed E-state index contributed by atoms with van der Waals surface area (Å²) in [7, 11) is 1.98. The predicted octanol–water partition coefficient (Wildman–Crippen LogP) is 3.18. The molecule has 1 aliphatic carbocycles. The fourth-order valence-electron chi connectivity index (χ4n) is 2.95. The normalized spacial score (nSPS) is 22.6. The van der Waals surface area contributed by atoms with E-state index in [0.29, 0.717) is 6.54 Å². The zero-order valence-electron chi connectivity index (χ0n) is 9.64. The number of hydrogen-bond donors (Lipinski definition) is 0. The van der Waals surface area contributed by atoms with Crippen LogP contribution in [0.5, 0.6) is 0 Å². The van der Waals surface area contributed by atoms with E-state index < -0.39 is 11.7 Å². The molecule has 0 aromatic heterocycles. The molecule has 1 nitrogen and oxygen atoms in total. The third kappa shape index (κ3) is 1.75. The summed E-state index contributed by atoms with van der Waals surface area (Å²) in [5.41, 5.74) is 1.63. The molecule has 2 aliphatic rings. The Labute approximate surface area is 98.2 Å². The third-order valence-corrected chi connectivity index (χ3v) is 3.87. The van der Waals surface area contributed by atoms with Crippen molar-refractivity contribution in [2.75, 3.05) is 13.6 Å². The third-order valence-electron chi connectivity index (χ3n) is 3.87. The lowest BCUT2D eigenvalue weighted by molar-refractivity contribution is -0.137. The van der Waals surface area contributed by atoms with Crippen molar-refractivity contribution in [3.8, 4) is 0 Å². The Morgan fingerprint density at radius 3 is 2.53 bits per heavy atom. The number of rotatable bonds is 0. The van der Waals surface area contributed by atoms with Crippen molar-refractivity contribution >= 4 is 0 Å². The molecule has 1 spiro atoms. The Hall–Kier alpha value is -1.03. The van der Waals surface area contributed by atoms with Crippen LogP contribution >= 0.6 is 0 Å². The molecular formula is C13H14F3N. The molecule has 0 saturated heterocycles. The lowest BCUT2D eigenvalue weighted by atomic mass is 9.86. The summed E-state index contributed by atoms with van der Waals surface area (Å²) in [5.74, 6) is 0. The first kappa shape index (κ1) is 11.1. The monoisotopic (exact) mass is 241 g/mol. The van der Waals surface area contributed by atoms with E-state index in [2.05, 4.69) is 4.90 Å². The molecule has 1 aromatic rings. The second-order valence-electron chi connectivity index (χ2n) is 5.32. The van der Waals surface area contributed by atoms with Crippen molar-refractivity contribution < 1.29 is 13.2 Å². The molecular weight excluding hydrogens is 227 g/mol. The molecule has 0 N–H and O–H groups in total. The molecule has 0 unspecified atom stereocenters. The van der Waals surface area contributed by atoms with Gasteiger partial charge in [-0.25, -0.2) is 0 Å². The number of nitrogens with zero attached hydrogens (tertiary/aromatic N) is 1. The van der Waals surface area contributed by atoms with Crippen LogP contribution in [0.4, 0.5) is 13.2 Å². The highest BCUT2D eigenvalue weighted by molar-refractivity contribution is 5.44. The number of alkyl halides is 3. The average molecular weight is 241 g/mol. The van der Waals surface area contributed by atoms with E-state index in [-0.39, 0.29) is 5.41 Å². The maximum Gasteiger partial charge on any atom is 0.416 e. The van der Waals surface area contributed by atoms with Crippen LogP contribution in [0.15, 0.2) is 18.2 Å². The van der Waals surface area contributed by atoms with E-state index in [0.717, 1.165) is 30.5 Å². The van der Waals surface area contributed by atoms with Gasteiger partial charge < -0.3 is 4.90 Å². The minimum absolute atomic E-state index is 0.159. The fraction of sp³-hybridized carbons (Fsp3) is 0.538. The van der Waals surface area contributed by atoms with Crippen molar-refractivity contribution in [3.05, 3.63) is 34.9 Å². The highest BCUT2D eigenvalue weighted by Gasteiger charge is 2.48. The topological polar surface area (TPSA) is 3.24 Å². The molecule has 0 radical (unpaired) electrons. The van der Waals surface area contributed by atoms with Crippen LogP contribution in [-0.2, 0) is 18.1 Å². The number of fused-ring (bicyclic) bond motifs is 2. The van der Waals surface area contributed by atoms with E-state index >= 15 is 0 Å². The lowest BCUT2D eigenvalue weighted by Crippen LogP contribution is -2.35. The predicted molar refractivity (Wildman–Crippen MR) is 58.7 cm³/mol. The minimum atomic E-state index is -4.23. The van der Waals surface area contributed by atoms with Gasteiger partial charge in [-0.05, 0) is 43.1 Å². The van der Waals surface area contributed by atoms with Crippen LogP contribution < -0.4 is 0 Å². The van der Waals surface area contributed by atoms with Gasteiger partial charge in [0.2, 0.25) is 0 Å². The van der Waals surface area contributed by atoms with E-state index in [1.54, 1.807) is 6.07 Å². The number of halogens is 3. The lowest BCUT2D eigenvalue weighted by Gasteiger charge is -2.33. The van der Waals surface area contributed by atoms with Crippen LogP contribution in [-0.4, -0.2) is 18.5 Å². The Morgan fingerprint density at radius 1 is 1.24 bits per heavy atom. The van der Waals surface area contributed by atoms with Gasteiger partial charge in [0, 0.05) is 18.5 Å². The van der Waals surface area contributed by atoms with Gasteiger partial charge in [-0.15, -0.1) is 0 Å². The zero-order chi connectivity index (χ0) is 12.3. The maximum absolute atomic E-state index is 12.6. The summed E-state index contributed by atoms with van der Waals surface area (Å²) >= 11 is 0. The Balaban J connectivity index is 2.06. The molecule has 1 saturated carbocycles. The summed E-state index contributed by atoms with van der Waals surface area (Å²) < 4.78 is 37.9. The van der Waals surface area contributed by atoms with Gasteiger partial charge in [-0.1, -0.05) is 6.07 Å². The minimum Gasteiger partial charge on any atom is -0.301 e. The molecule has 1 heterocycles. The summed E-state index contributed by atoms with van der Waals surface area (Å²) in [4.78, 5) is 2.12. The van der Waals surface area contributed by atoms with E-state index in [4.69, 9.17) is 0 Å². The van der Waals surface area contributed by atoms with Crippen molar-refractivity contribution in [2.24, 2.45) is 0 Å². The first-order chi connectivity index (χ1) is 7.91. The smallest absolute Gasteiger partial charge is 0.301 e. The molecule has 1 fully saturated rings. The SMILES string of the molecule is CN1Cc2cc(C(F)(F)F)ccc2C2(CC2)C1. The molecule has 4 heteroatoms. The zero-order valence-corrected chi connectivity index (χ0v) is 9.64. The molecule has 0 bridgehead atoms. The molecule has 3 rings (SSSR count). The first-order valence-electron chi connectivity index (χ1n) is 5.80. The van der Waals surface area contributed by atoms with E-state index in [1.165, 1.54) is 12.1 Å². The van der Waals surface area contributed by atoms with Gasteiger partial charge in [0.15, 0.2) is 0 Å². The van der Waals surface area contributed by atoms with Crippen LogP contribution in [0.25, 0.3) is 0 Å². The van der Waals surface area contributed by atoms with Gasteiger partial charge in [-0.2, -0.15) is 13.2 Å². The van der Waals surface area contributed by atoms with Crippen molar-refractivity contribution in [3.63, 3.8) is 0 Å². The first-order valence-corrected chi connectivity index (χ1v) is 5.80. The van der Waals surface area contributed by atoms with Gasteiger partial charge in [-0.3, -0.25) is 0 Å². The van der Waals surface area contributed by atoms with Gasteiger partial charge >= 0.3 is 6.18 Å². The molecule has 0 atom stereocenters. The second kappa shape index (κ2) is 3.25. The summed E-state index contributed by atoms with van der Waals surface area (Å²) in [6.45, 7) is 1.60. The number of likely N-dealkylation sites (N-methyl/N-ethyl adjacent to an activating group) is 1. The van der Waals surface area contributed by atoms with E-state index in [9.17, 15) is 13.2 Å². The van der Waals surface area contributed by atoms with Crippen molar-refractivity contribution in [2.45, 2.75) is 31.0 Å². The largest absolute Gasteiger partial charge is 0.416 e. The standard InChI is InChI=1S/C13H14F3N/c1-17-7-9-6-10(13(14,15)16)2-3-11(9)12(8-17)4-5-12/h2-3,6H,4-5,7-8H2,1H3. The van der Waals surface area contributed by atoms with Gasteiger partial charge in [0.25, 0.3) is 0 Å². The molecule has 1 aliphatic heterocycles. The summed E-state index contributed by atoms with van der Waals surface area (Å²) in [6.07, 6.45) is -2.02. The Morgan fingerprint density at radius 2 is 1.94 bits per heavy atom. The van der Waals surface area contributed by atoms with Crippen LogP contribution in [0, 0.1) is 0 Å². The number of benzene rings is 1.